The van der Waals surface area contributed by atoms with E-state index in [-0.39, 0.29) is 0 Å². The highest BCUT2D eigenvalue weighted by Gasteiger charge is 2.23. The molecular weight excluding hydrogens is 126 g/mol. The number of hydrogen-bond donors (Lipinski definition) is 1. The Kier molecular flexibility index (Phi) is 2.25. The van der Waals surface area contributed by atoms with Gasteiger partial charge < -0.3 is 9.80 Å². The Morgan fingerprint density at radius 1 is 1.50 bits per heavy atom. The number of nitrogens with one attached hydrogen (secondary N) is 1. The zero-order chi connectivity index (χ0) is 7.45. The maximum atomic E-state index is 8.50. The van der Waals surface area contributed by atoms with Crippen LogP contribution < -0.4 is 5.32 Å². The van der Waals surface area contributed by atoms with E-state index >= 15 is 0 Å². The van der Waals surface area contributed by atoms with E-state index in [0.29, 0.717) is 6.54 Å². The monoisotopic (exact) mass is 140 g/mol. The summed E-state index contributed by atoms with van der Waals surface area (Å²) in [5, 5.41) is 11.8. The van der Waals surface area contributed by atoms with Gasteiger partial charge in [-0.1, -0.05) is 0 Å². The van der Waals surface area contributed by atoms with Crippen LogP contribution in [0.15, 0.2) is 0 Å². The van der Waals surface area contributed by atoms with Gasteiger partial charge in [-0.3, -0.25) is 0 Å². The van der Waals surface area contributed by atoms with Crippen LogP contribution in [0.5, 0.6) is 0 Å². The molecule has 0 atom stereocenters. The van der Waals surface area contributed by atoms with Gasteiger partial charge in [0.1, 0.15) is 6.07 Å². The summed E-state index contributed by atoms with van der Waals surface area (Å²) in [5.41, 5.74) is 0. The summed E-state index contributed by atoms with van der Waals surface area (Å²) in [6, 6.07) is 2.22. The third kappa shape index (κ3) is 1.69. The number of likely N-dealkylation sites (N-methyl/N-ethyl adjacent to an activating group) is 1. The molecule has 1 heterocycles. The average molecular weight is 140 g/mol. The minimum absolute atomic E-state index is 0.654. The van der Waals surface area contributed by atoms with Gasteiger partial charge in [0.2, 0.25) is 0 Å². The maximum Gasteiger partial charge on any atom is 0.166 e. The summed E-state index contributed by atoms with van der Waals surface area (Å²) < 4.78 is 0.920. The first kappa shape index (κ1) is 7.52. The SMILES string of the molecule is C[N+]1(CC#N)CCNCC1. The van der Waals surface area contributed by atoms with E-state index in [4.69, 9.17) is 5.26 Å². The number of quaternary nitrogens is 1. The lowest BCUT2D eigenvalue weighted by Crippen LogP contribution is -2.56. The molecule has 0 amide bonds. The van der Waals surface area contributed by atoms with Gasteiger partial charge in [-0.05, 0) is 0 Å². The number of hydrogen-bond acceptors (Lipinski definition) is 2. The Bertz CT molecular complexity index is 141. The largest absolute Gasteiger partial charge is 0.312 e. The van der Waals surface area contributed by atoms with Crippen molar-refractivity contribution in [1.82, 2.24) is 5.32 Å². The number of nitriles is 1. The van der Waals surface area contributed by atoms with Gasteiger partial charge in [0.05, 0.1) is 20.1 Å². The van der Waals surface area contributed by atoms with E-state index in [1.54, 1.807) is 0 Å². The van der Waals surface area contributed by atoms with Crippen molar-refractivity contribution < 1.29 is 4.48 Å². The van der Waals surface area contributed by atoms with Crippen LogP contribution in [-0.2, 0) is 0 Å². The topological polar surface area (TPSA) is 35.8 Å². The Hall–Kier alpha value is -0.590. The zero-order valence-corrected chi connectivity index (χ0v) is 6.43. The molecule has 0 saturated carbocycles. The van der Waals surface area contributed by atoms with Crippen LogP contribution in [0.1, 0.15) is 0 Å². The highest BCUT2D eigenvalue weighted by atomic mass is 15.4. The zero-order valence-electron chi connectivity index (χ0n) is 6.43. The molecule has 56 valence electrons. The third-order valence-electron chi connectivity index (χ3n) is 2.11. The summed E-state index contributed by atoms with van der Waals surface area (Å²) >= 11 is 0. The summed E-state index contributed by atoms with van der Waals surface area (Å²) in [4.78, 5) is 0. The Morgan fingerprint density at radius 3 is 2.60 bits per heavy atom. The van der Waals surface area contributed by atoms with Crippen LogP contribution in [0.3, 0.4) is 0 Å². The van der Waals surface area contributed by atoms with E-state index in [9.17, 15) is 0 Å². The minimum atomic E-state index is 0.654. The van der Waals surface area contributed by atoms with E-state index in [1.807, 2.05) is 0 Å². The molecule has 0 aliphatic carbocycles. The Balaban J connectivity index is 2.42. The van der Waals surface area contributed by atoms with Gasteiger partial charge >= 0.3 is 0 Å². The summed E-state index contributed by atoms with van der Waals surface area (Å²) in [6.07, 6.45) is 0. The minimum Gasteiger partial charge on any atom is -0.312 e. The molecule has 0 radical (unpaired) electrons. The van der Waals surface area contributed by atoms with E-state index in [0.717, 1.165) is 30.7 Å². The van der Waals surface area contributed by atoms with Crippen LogP contribution in [0.2, 0.25) is 0 Å². The smallest absolute Gasteiger partial charge is 0.166 e. The highest BCUT2D eigenvalue weighted by Crippen LogP contribution is 2.02. The van der Waals surface area contributed by atoms with Crippen molar-refractivity contribution in [3.8, 4) is 6.07 Å². The van der Waals surface area contributed by atoms with Crippen molar-refractivity contribution in [3.05, 3.63) is 0 Å². The van der Waals surface area contributed by atoms with E-state index in [2.05, 4.69) is 18.4 Å². The van der Waals surface area contributed by atoms with Crippen LogP contribution in [0.4, 0.5) is 0 Å². The summed E-state index contributed by atoms with van der Waals surface area (Å²) in [6.45, 7) is 4.94. The van der Waals surface area contributed by atoms with Crippen LogP contribution in [-0.4, -0.2) is 44.3 Å². The number of nitrogens with zero attached hydrogens (tertiary/aromatic N) is 2. The van der Waals surface area contributed by atoms with Crippen LogP contribution in [0.25, 0.3) is 0 Å². The van der Waals surface area contributed by atoms with Crippen LogP contribution in [0, 0.1) is 11.3 Å². The standard InChI is InChI=1S/C7H14N3/c1-10(5-2-8)6-3-9-4-7-10/h9H,3-7H2,1H3/q+1. The molecule has 1 rings (SSSR count). The fraction of sp³-hybridized carbons (Fsp3) is 0.857. The second kappa shape index (κ2) is 3.00. The van der Waals surface area contributed by atoms with Gasteiger partial charge in [-0.25, -0.2) is 0 Å². The van der Waals surface area contributed by atoms with Gasteiger partial charge in [0.15, 0.2) is 6.54 Å². The molecular formula is C7H14N3+. The fourth-order valence-electron chi connectivity index (χ4n) is 1.26. The summed E-state index contributed by atoms with van der Waals surface area (Å²) in [5.74, 6) is 0. The Morgan fingerprint density at radius 2 is 2.10 bits per heavy atom. The number of piperazine rings is 1. The first-order valence-corrected chi connectivity index (χ1v) is 3.68. The van der Waals surface area contributed by atoms with Gasteiger partial charge in [0.25, 0.3) is 0 Å². The summed E-state index contributed by atoms with van der Waals surface area (Å²) in [7, 11) is 2.14. The quantitative estimate of drug-likeness (QED) is 0.396. The molecule has 0 unspecified atom stereocenters. The van der Waals surface area contributed by atoms with Gasteiger partial charge in [-0.2, -0.15) is 5.26 Å². The maximum absolute atomic E-state index is 8.50. The van der Waals surface area contributed by atoms with E-state index in [1.165, 1.54) is 0 Å². The molecule has 3 nitrogen and oxygen atoms in total. The third-order valence-corrected chi connectivity index (χ3v) is 2.11. The van der Waals surface area contributed by atoms with Crippen molar-refractivity contribution in [3.63, 3.8) is 0 Å². The molecule has 3 heteroatoms. The molecule has 10 heavy (non-hydrogen) atoms. The second-order valence-corrected chi connectivity index (χ2v) is 3.13. The molecule has 1 fully saturated rings. The predicted molar refractivity (Wildman–Crippen MR) is 39.3 cm³/mol. The van der Waals surface area contributed by atoms with Crippen molar-refractivity contribution in [2.75, 3.05) is 39.8 Å². The Labute approximate surface area is 61.8 Å². The molecule has 0 aromatic rings. The fourth-order valence-corrected chi connectivity index (χ4v) is 1.26. The normalized spacial score (nSPS) is 23.6. The highest BCUT2D eigenvalue weighted by molar-refractivity contribution is 4.70. The van der Waals surface area contributed by atoms with Crippen molar-refractivity contribution in [1.29, 1.82) is 5.26 Å². The molecule has 0 bridgehead atoms. The molecule has 0 aromatic heterocycles. The molecule has 1 saturated heterocycles. The van der Waals surface area contributed by atoms with Gasteiger partial charge in [-0.15, -0.1) is 0 Å². The predicted octanol–water partition coefficient (Wildman–Crippen LogP) is -0.440. The van der Waals surface area contributed by atoms with Crippen molar-refractivity contribution in [2.45, 2.75) is 0 Å². The lowest BCUT2D eigenvalue weighted by molar-refractivity contribution is -0.904. The van der Waals surface area contributed by atoms with Gasteiger partial charge in [0, 0.05) is 13.1 Å². The number of rotatable bonds is 1. The molecule has 0 spiro atoms. The first-order valence-electron chi connectivity index (χ1n) is 3.68. The molecule has 0 aromatic carbocycles. The average Bonchev–Trinajstić information content (AvgIpc) is 1.89. The molecule has 1 aliphatic heterocycles. The molecule has 1 N–H and O–H groups in total. The first-order chi connectivity index (χ1) is 4.77. The van der Waals surface area contributed by atoms with Crippen molar-refractivity contribution >= 4 is 0 Å². The lowest BCUT2D eigenvalue weighted by Gasteiger charge is -2.35. The molecule has 1 aliphatic rings. The van der Waals surface area contributed by atoms with E-state index < -0.39 is 0 Å². The van der Waals surface area contributed by atoms with Crippen LogP contribution >= 0.6 is 0 Å². The lowest BCUT2D eigenvalue weighted by atomic mass is 10.3. The van der Waals surface area contributed by atoms with Crippen molar-refractivity contribution in [2.24, 2.45) is 0 Å². The second-order valence-electron chi connectivity index (χ2n) is 3.13.